The van der Waals surface area contributed by atoms with E-state index in [-0.39, 0.29) is 5.56 Å². The van der Waals surface area contributed by atoms with Crippen molar-refractivity contribution in [1.82, 2.24) is 0 Å². The van der Waals surface area contributed by atoms with Crippen molar-refractivity contribution < 1.29 is 14.0 Å². The number of benzene rings is 3. The number of rotatable bonds is 4. The standard InChI is InChI=1S/C20H14ClFN2O2/c21-17-9-1-2-10-18(17)24-20(26)14-6-3-5-13(11-14)19(25)23-16-8-4-7-15(22)12-16/h1-12H,(H,23,25)(H,24,26). The number of carbonyl (C=O) groups is 2. The molecule has 2 amide bonds. The molecule has 3 aromatic carbocycles. The number of para-hydroxylation sites is 1. The predicted octanol–water partition coefficient (Wildman–Crippen LogP) is 4.98. The zero-order valence-electron chi connectivity index (χ0n) is 13.5. The van der Waals surface area contributed by atoms with Crippen LogP contribution >= 0.6 is 11.6 Å². The van der Waals surface area contributed by atoms with Gasteiger partial charge in [-0.3, -0.25) is 9.59 Å². The largest absolute Gasteiger partial charge is 0.322 e. The Bertz CT molecular complexity index is 975. The van der Waals surface area contributed by atoms with Crippen LogP contribution in [0.1, 0.15) is 20.7 Å². The molecule has 0 aliphatic rings. The Morgan fingerprint density at radius 3 is 2.12 bits per heavy atom. The zero-order valence-corrected chi connectivity index (χ0v) is 14.3. The van der Waals surface area contributed by atoms with Crippen molar-refractivity contribution in [2.75, 3.05) is 10.6 Å². The van der Waals surface area contributed by atoms with Crippen LogP contribution in [0, 0.1) is 5.82 Å². The smallest absolute Gasteiger partial charge is 0.255 e. The molecule has 26 heavy (non-hydrogen) atoms. The van der Waals surface area contributed by atoms with Crippen LogP contribution in [0.3, 0.4) is 0 Å². The summed E-state index contributed by atoms with van der Waals surface area (Å²) in [4.78, 5) is 24.7. The van der Waals surface area contributed by atoms with E-state index in [0.717, 1.165) is 0 Å². The summed E-state index contributed by atoms with van der Waals surface area (Å²) in [6, 6.07) is 18.7. The molecule has 0 saturated carbocycles. The van der Waals surface area contributed by atoms with Gasteiger partial charge in [0.2, 0.25) is 0 Å². The lowest BCUT2D eigenvalue weighted by Crippen LogP contribution is -2.15. The molecule has 4 nitrogen and oxygen atoms in total. The molecule has 130 valence electrons. The van der Waals surface area contributed by atoms with Gasteiger partial charge in [-0.25, -0.2) is 4.39 Å². The molecular formula is C20H14ClFN2O2. The molecule has 6 heteroatoms. The van der Waals surface area contributed by atoms with Crippen molar-refractivity contribution in [2.45, 2.75) is 0 Å². The van der Waals surface area contributed by atoms with E-state index >= 15 is 0 Å². The maximum atomic E-state index is 13.2. The SMILES string of the molecule is O=C(Nc1cccc(F)c1)c1cccc(C(=O)Nc2ccccc2Cl)c1. The third-order valence-corrected chi connectivity index (χ3v) is 3.92. The predicted molar refractivity (Wildman–Crippen MR) is 100 cm³/mol. The number of nitrogens with one attached hydrogen (secondary N) is 2. The Labute approximate surface area is 154 Å². The van der Waals surface area contributed by atoms with Crippen LogP contribution in [0.4, 0.5) is 15.8 Å². The molecule has 0 unspecified atom stereocenters. The molecule has 0 spiro atoms. The summed E-state index contributed by atoms with van der Waals surface area (Å²) in [5.74, 6) is -1.28. The van der Waals surface area contributed by atoms with E-state index < -0.39 is 17.6 Å². The van der Waals surface area contributed by atoms with Crippen molar-refractivity contribution in [3.63, 3.8) is 0 Å². The summed E-state index contributed by atoms with van der Waals surface area (Å²) in [7, 11) is 0. The molecule has 0 saturated heterocycles. The van der Waals surface area contributed by atoms with E-state index in [1.54, 1.807) is 48.5 Å². The molecule has 0 aliphatic heterocycles. The van der Waals surface area contributed by atoms with Gasteiger partial charge in [0, 0.05) is 16.8 Å². The molecule has 0 heterocycles. The van der Waals surface area contributed by atoms with E-state index in [2.05, 4.69) is 10.6 Å². The maximum absolute atomic E-state index is 13.2. The van der Waals surface area contributed by atoms with Gasteiger partial charge in [-0.05, 0) is 48.5 Å². The van der Waals surface area contributed by atoms with Crippen LogP contribution in [0.15, 0.2) is 72.8 Å². The van der Waals surface area contributed by atoms with Crippen LogP contribution in [0.5, 0.6) is 0 Å². The summed E-state index contributed by atoms with van der Waals surface area (Å²) in [6.45, 7) is 0. The van der Waals surface area contributed by atoms with Crippen LogP contribution in [0.2, 0.25) is 5.02 Å². The minimum atomic E-state index is -0.448. The van der Waals surface area contributed by atoms with Gasteiger partial charge in [-0.2, -0.15) is 0 Å². The Balaban J connectivity index is 1.76. The Hall–Kier alpha value is -3.18. The first kappa shape index (κ1) is 17.6. The minimum Gasteiger partial charge on any atom is -0.322 e. The van der Waals surface area contributed by atoms with E-state index in [1.165, 1.54) is 24.3 Å². The fraction of sp³-hybridized carbons (Fsp3) is 0. The maximum Gasteiger partial charge on any atom is 0.255 e. The highest BCUT2D eigenvalue weighted by molar-refractivity contribution is 6.33. The first-order chi connectivity index (χ1) is 12.5. The lowest BCUT2D eigenvalue weighted by atomic mass is 10.1. The molecule has 0 aromatic heterocycles. The fourth-order valence-electron chi connectivity index (χ4n) is 2.33. The highest BCUT2D eigenvalue weighted by atomic mass is 35.5. The first-order valence-corrected chi connectivity index (χ1v) is 8.13. The highest BCUT2D eigenvalue weighted by Crippen LogP contribution is 2.21. The van der Waals surface area contributed by atoms with E-state index in [0.29, 0.717) is 22.0 Å². The number of carbonyl (C=O) groups excluding carboxylic acids is 2. The topological polar surface area (TPSA) is 58.2 Å². The molecule has 0 fully saturated rings. The summed E-state index contributed by atoms with van der Waals surface area (Å²) >= 11 is 6.03. The van der Waals surface area contributed by atoms with Crippen molar-refractivity contribution in [1.29, 1.82) is 0 Å². The average molecular weight is 369 g/mol. The Morgan fingerprint density at radius 2 is 1.42 bits per heavy atom. The Morgan fingerprint density at radius 1 is 0.769 bits per heavy atom. The van der Waals surface area contributed by atoms with Gasteiger partial charge in [0.1, 0.15) is 5.82 Å². The van der Waals surface area contributed by atoms with Crippen molar-refractivity contribution in [2.24, 2.45) is 0 Å². The fourth-order valence-corrected chi connectivity index (χ4v) is 2.51. The van der Waals surface area contributed by atoms with Crippen molar-refractivity contribution in [3.05, 3.63) is 94.8 Å². The van der Waals surface area contributed by atoms with E-state index in [1.807, 2.05) is 0 Å². The van der Waals surface area contributed by atoms with Crippen LogP contribution in [0.25, 0.3) is 0 Å². The summed E-state index contributed by atoms with van der Waals surface area (Å²) < 4.78 is 13.2. The van der Waals surface area contributed by atoms with Crippen LogP contribution < -0.4 is 10.6 Å². The van der Waals surface area contributed by atoms with Gasteiger partial charge >= 0.3 is 0 Å². The third kappa shape index (κ3) is 4.26. The molecule has 0 radical (unpaired) electrons. The summed E-state index contributed by atoms with van der Waals surface area (Å²) in [5, 5.41) is 5.71. The molecule has 2 N–H and O–H groups in total. The van der Waals surface area contributed by atoms with Gasteiger partial charge in [0.15, 0.2) is 0 Å². The minimum absolute atomic E-state index is 0.279. The summed E-state index contributed by atoms with van der Waals surface area (Å²) in [5.41, 5.74) is 1.40. The monoisotopic (exact) mass is 368 g/mol. The third-order valence-electron chi connectivity index (χ3n) is 3.59. The van der Waals surface area contributed by atoms with Crippen LogP contribution in [-0.2, 0) is 0 Å². The quantitative estimate of drug-likeness (QED) is 0.682. The van der Waals surface area contributed by atoms with Crippen molar-refractivity contribution in [3.8, 4) is 0 Å². The zero-order chi connectivity index (χ0) is 18.5. The van der Waals surface area contributed by atoms with Gasteiger partial charge in [0.05, 0.1) is 10.7 Å². The van der Waals surface area contributed by atoms with Gasteiger partial charge in [0.25, 0.3) is 11.8 Å². The molecule has 3 aromatic rings. The number of halogens is 2. The second kappa shape index (κ2) is 7.80. The van der Waals surface area contributed by atoms with E-state index in [9.17, 15) is 14.0 Å². The Kier molecular flexibility index (Phi) is 5.29. The van der Waals surface area contributed by atoms with Gasteiger partial charge in [-0.1, -0.05) is 35.9 Å². The van der Waals surface area contributed by atoms with Crippen molar-refractivity contribution >= 4 is 34.8 Å². The lowest BCUT2D eigenvalue weighted by molar-refractivity contribution is 0.102. The lowest BCUT2D eigenvalue weighted by Gasteiger charge is -2.09. The van der Waals surface area contributed by atoms with Gasteiger partial charge < -0.3 is 10.6 Å². The van der Waals surface area contributed by atoms with Crippen LogP contribution in [-0.4, -0.2) is 11.8 Å². The number of amides is 2. The normalized spacial score (nSPS) is 10.2. The summed E-state index contributed by atoms with van der Waals surface area (Å²) in [6.07, 6.45) is 0. The molecule has 3 rings (SSSR count). The highest BCUT2D eigenvalue weighted by Gasteiger charge is 2.12. The first-order valence-electron chi connectivity index (χ1n) is 7.76. The number of hydrogen-bond acceptors (Lipinski definition) is 2. The number of anilines is 2. The molecular weight excluding hydrogens is 355 g/mol. The number of hydrogen-bond donors (Lipinski definition) is 2. The average Bonchev–Trinajstić information content (AvgIpc) is 2.63. The van der Waals surface area contributed by atoms with E-state index in [4.69, 9.17) is 11.6 Å². The molecule has 0 aliphatic carbocycles. The second-order valence-corrected chi connectivity index (χ2v) is 5.89. The molecule has 0 atom stereocenters. The second-order valence-electron chi connectivity index (χ2n) is 5.48. The molecule has 0 bridgehead atoms. The van der Waals surface area contributed by atoms with Gasteiger partial charge in [-0.15, -0.1) is 0 Å².